The third-order valence-electron chi connectivity index (χ3n) is 3.19. The van der Waals surface area contributed by atoms with Crippen LogP contribution >= 0.6 is 15.9 Å². The number of para-hydroxylation sites is 1. The highest BCUT2D eigenvalue weighted by Crippen LogP contribution is 2.26. The smallest absolute Gasteiger partial charge is 0.212 e. The molecule has 1 N–H and O–H groups in total. The Morgan fingerprint density at radius 1 is 1.05 bits per heavy atom. The van der Waals surface area contributed by atoms with Crippen LogP contribution < -0.4 is 5.32 Å². The number of halogens is 1. The molecule has 0 aliphatic heterocycles. The molecule has 0 saturated heterocycles. The lowest BCUT2D eigenvalue weighted by atomic mass is 10.2. The summed E-state index contributed by atoms with van der Waals surface area (Å²) in [6.07, 6.45) is 3.74. The van der Waals surface area contributed by atoms with Crippen LogP contribution in [0.15, 0.2) is 65.4 Å². The van der Waals surface area contributed by atoms with Crippen molar-refractivity contribution >= 4 is 27.6 Å². The Morgan fingerprint density at radius 3 is 2.65 bits per heavy atom. The molecule has 2 aromatic carbocycles. The molecule has 1 heterocycles. The number of hydrogen-bond donors (Lipinski definition) is 1. The van der Waals surface area contributed by atoms with Gasteiger partial charge in [0, 0.05) is 28.2 Å². The first-order valence-electron chi connectivity index (χ1n) is 6.36. The van der Waals surface area contributed by atoms with Gasteiger partial charge in [-0.1, -0.05) is 40.2 Å². The monoisotopic (exact) mass is 327 g/mol. The zero-order chi connectivity index (χ0) is 13.9. The zero-order valence-electron chi connectivity index (χ0n) is 11.0. The topological polar surface area (TPSA) is 29.9 Å². The van der Waals surface area contributed by atoms with Crippen molar-refractivity contribution in [2.45, 2.75) is 6.92 Å². The minimum atomic E-state index is 0.803. The summed E-state index contributed by atoms with van der Waals surface area (Å²) in [7, 11) is 0. The van der Waals surface area contributed by atoms with Crippen molar-refractivity contribution in [2.75, 3.05) is 5.32 Å². The van der Waals surface area contributed by atoms with Crippen molar-refractivity contribution < 1.29 is 0 Å². The van der Waals surface area contributed by atoms with Gasteiger partial charge in [-0.15, -0.1) is 0 Å². The summed E-state index contributed by atoms with van der Waals surface area (Å²) >= 11 is 3.55. The molecule has 0 aliphatic rings. The lowest BCUT2D eigenvalue weighted by molar-refractivity contribution is 1.06. The highest BCUT2D eigenvalue weighted by atomic mass is 79.9. The lowest BCUT2D eigenvalue weighted by Gasteiger charge is -2.12. The van der Waals surface area contributed by atoms with Gasteiger partial charge in [0.05, 0.1) is 0 Å². The van der Waals surface area contributed by atoms with Crippen molar-refractivity contribution in [1.29, 1.82) is 0 Å². The molecule has 0 bridgehead atoms. The highest BCUT2D eigenvalue weighted by Gasteiger charge is 2.07. The summed E-state index contributed by atoms with van der Waals surface area (Å²) < 4.78 is 3.11. The first kappa shape index (κ1) is 12.9. The average Bonchev–Trinajstić information content (AvgIpc) is 2.93. The van der Waals surface area contributed by atoms with Crippen LogP contribution in [0.25, 0.3) is 5.69 Å². The van der Waals surface area contributed by atoms with Gasteiger partial charge in [0.1, 0.15) is 0 Å². The fourth-order valence-corrected chi connectivity index (χ4v) is 2.42. The molecule has 0 spiro atoms. The van der Waals surface area contributed by atoms with Crippen LogP contribution in [0.5, 0.6) is 0 Å². The van der Waals surface area contributed by atoms with Gasteiger partial charge in [-0.2, -0.15) is 0 Å². The van der Waals surface area contributed by atoms with Crippen LogP contribution in [0.4, 0.5) is 11.6 Å². The van der Waals surface area contributed by atoms with Crippen LogP contribution in [-0.4, -0.2) is 9.55 Å². The molecular weight excluding hydrogens is 314 g/mol. The van der Waals surface area contributed by atoms with E-state index in [0.29, 0.717) is 0 Å². The van der Waals surface area contributed by atoms with Gasteiger partial charge in [0.25, 0.3) is 0 Å². The van der Waals surface area contributed by atoms with Gasteiger partial charge in [-0.25, -0.2) is 4.98 Å². The maximum absolute atomic E-state index is 4.40. The highest BCUT2D eigenvalue weighted by molar-refractivity contribution is 9.10. The molecule has 3 aromatic rings. The van der Waals surface area contributed by atoms with Crippen LogP contribution in [0.2, 0.25) is 0 Å². The van der Waals surface area contributed by atoms with Crippen molar-refractivity contribution in [2.24, 2.45) is 0 Å². The number of imidazole rings is 1. The number of aromatic nitrogens is 2. The Kier molecular flexibility index (Phi) is 3.56. The second-order valence-electron chi connectivity index (χ2n) is 4.49. The zero-order valence-corrected chi connectivity index (χ0v) is 12.6. The molecular formula is C16H14BrN3. The summed E-state index contributed by atoms with van der Waals surface area (Å²) in [5.41, 5.74) is 3.29. The van der Waals surface area contributed by atoms with Crippen molar-refractivity contribution in [3.05, 3.63) is 71.0 Å². The van der Waals surface area contributed by atoms with E-state index in [-0.39, 0.29) is 0 Å². The fraction of sp³-hybridized carbons (Fsp3) is 0.0625. The number of rotatable bonds is 3. The number of nitrogens with zero attached hydrogens (tertiary/aromatic N) is 2. The van der Waals surface area contributed by atoms with Crippen LogP contribution in [-0.2, 0) is 0 Å². The van der Waals surface area contributed by atoms with E-state index in [0.717, 1.165) is 27.4 Å². The van der Waals surface area contributed by atoms with E-state index in [2.05, 4.69) is 45.3 Å². The molecule has 1 aromatic heterocycles. The Bertz CT molecular complexity index is 720. The quantitative estimate of drug-likeness (QED) is 0.756. The molecule has 4 heteroatoms. The first-order chi connectivity index (χ1) is 9.75. The van der Waals surface area contributed by atoms with E-state index in [4.69, 9.17) is 0 Å². The molecule has 20 heavy (non-hydrogen) atoms. The predicted octanol–water partition coefficient (Wildman–Crippen LogP) is 4.69. The molecule has 0 aliphatic carbocycles. The molecule has 0 fully saturated rings. The summed E-state index contributed by atoms with van der Waals surface area (Å²) in [6, 6.07) is 16.2. The van der Waals surface area contributed by atoms with E-state index in [1.807, 2.05) is 47.2 Å². The minimum Gasteiger partial charge on any atom is -0.325 e. The Balaban J connectivity index is 1.97. The van der Waals surface area contributed by atoms with Gasteiger partial charge in [-0.05, 0) is 36.8 Å². The van der Waals surface area contributed by atoms with E-state index in [1.54, 1.807) is 6.20 Å². The van der Waals surface area contributed by atoms with Gasteiger partial charge in [-0.3, -0.25) is 4.57 Å². The van der Waals surface area contributed by atoms with E-state index in [9.17, 15) is 0 Å². The van der Waals surface area contributed by atoms with Gasteiger partial charge in [0.15, 0.2) is 0 Å². The van der Waals surface area contributed by atoms with Crippen LogP contribution in [0, 0.1) is 6.92 Å². The molecule has 0 unspecified atom stereocenters. The van der Waals surface area contributed by atoms with E-state index >= 15 is 0 Å². The molecule has 3 nitrogen and oxygen atoms in total. The largest absolute Gasteiger partial charge is 0.325 e. The van der Waals surface area contributed by atoms with Crippen LogP contribution in [0.1, 0.15) is 5.56 Å². The van der Waals surface area contributed by atoms with Gasteiger partial charge >= 0.3 is 0 Å². The van der Waals surface area contributed by atoms with Crippen molar-refractivity contribution in [3.8, 4) is 5.69 Å². The summed E-state index contributed by atoms with van der Waals surface area (Å²) in [4.78, 5) is 4.40. The lowest BCUT2D eigenvalue weighted by Crippen LogP contribution is -2.02. The SMILES string of the molecule is Cc1c(Br)cccc1Nc1nccn1-c1ccccc1. The minimum absolute atomic E-state index is 0.803. The average molecular weight is 328 g/mol. The molecule has 0 saturated carbocycles. The maximum Gasteiger partial charge on any atom is 0.212 e. The van der Waals surface area contributed by atoms with Gasteiger partial charge in [0.2, 0.25) is 5.95 Å². The fourth-order valence-electron chi connectivity index (χ4n) is 2.06. The first-order valence-corrected chi connectivity index (χ1v) is 7.16. The molecule has 0 amide bonds. The summed E-state index contributed by atoms with van der Waals surface area (Å²) in [5.74, 6) is 0.803. The number of hydrogen-bond acceptors (Lipinski definition) is 2. The Hall–Kier alpha value is -2.07. The molecule has 3 rings (SSSR count). The predicted molar refractivity (Wildman–Crippen MR) is 85.7 cm³/mol. The third-order valence-corrected chi connectivity index (χ3v) is 4.05. The number of benzene rings is 2. The Morgan fingerprint density at radius 2 is 1.85 bits per heavy atom. The second kappa shape index (κ2) is 5.51. The maximum atomic E-state index is 4.40. The second-order valence-corrected chi connectivity index (χ2v) is 5.35. The Labute approximate surface area is 126 Å². The molecule has 100 valence electrons. The van der Waals surface area contributed by atoms with Crippen molar-refractivity contribution in [1.82, 2.24) is 9.55 Å². The standard InChI is InChI=1S/C16H14BrN3/c1-12-14(17)8-5-9-15(12)19-16-18-10-11-20(16)13-6-3-2-4-7-13/h2-11H,1H3,(H,18,19). The van der Waals surface area contributed by atoms with E-state index < -0.39 is 0 Å². The normalized spacial score (nSPS) is 10.5. The van der Waals surface area contributed by atoms with Crippen LogP contribution in [0.3, 0.4) is 0 Å². The number of nitrogens with one attached hydrogen (secondary N) is 1. The third kappa shape index (κ3) is 2.47. The number of anilines is 2. The summed E-state index contributed by atoms with van der Waals surface area (Å²) in [5, 5.41) is 3.38. The molecule has 0 atom stereocenters. The molecule has 0 radical (unpaired) electrons. The van der Waals surface area contributed by atoms with E-state index in [1.165, 1.54) is 0 Å². The summed E-state index contributed by atoms with van der Waals surface area (Å²) in [6.45, 7) is 2.07. The van der Waals surface area contributed by atoms with Gasteiger partial charge < -0.3 is 5.32 Å². The van der Waals surface area contributed by atoms with Crippen molar-refractivity contribution in [3.63, 3.8) is 0 Å².